The summed E-state index contributed by atoms with van der Waals surface area (Å²) in [5, 5.41) is 22.1. The molecule has 184 valence electrons. The van der Waals surface area contributed by atoms with Crippen LogP contribution in [-0.2, 0) is 16.4 Å². The van der Waals surface area contributed by atoms with Crippen molar-refractivity contribution in [3.05, 3.63) is 59.4 Å². The molecule has 0 radical (unpaired) electrons. The Labute approximate surface area is 201 Å². The first kappa shape index (κ1) is 24.8. The Morgan fingerprint density at radius 2 is 1.97 bits per heavy atom. The molecule has 3 atom stereocenters. The molecule has 1 aliphatic heterocycles. The van der Waals surface area contributed by atoms with Gasteiger partial charge in [0.15, 0.2) is 0 Å². The van der Waals surface area contributed by atoms with Crippen molar-refractivity contribution in [2.45, 2.75) is 68.5 Å². The quantitative estimate of drug-likeness (QED) is 0.624. The summed E-state index contributed by atoms with van der Waals surface area (Å²) in [4.78, 5) is 1.88. The summed E-state index contributed by atoms with van der Waals surface area (Å²) in [7, 11) is -2.00. The van der Waals surface area contributed by atoms with E-state index in [2.05, 4.69) is 11.0 Å². The maximum absolute atomic E-state index is 15.1. The predicted molar refractivity (Wildman–Crippen MR) is 132 cm³/mol. The minimum atomic E-state index is -4.00. The van der Waals surface area contributed by atoms with Crippen LogP contribution in [0.4, 0.5) is 10.1 Å². The summed E-state index contributed by atoms with van der Waals surface area (Å²) in [6, 6.07) is 11.9. The monoisotopic (exact) mass is 488 g/mol. The second kappa shape index (κ2) is 10.1. The van der Waals surface area contributed by atoms with E-state index in [4.69, 9.17) is 10.2 Å². The van der Waals surface area contributed by atoms with Gasteiger partial charge in [-0.3, -0.25) is 9.91 Å². The van der Waals surface area contributed by atoms with Crippen molar-refractivity contribution in [2.75, 3.05) is 18.6 Å². The maximum Gasteiger partial charge on any atom is 0.238 e. The number of hydrogen-bond donors (Lipinski definition) is 2. The van der Waals surface area contributed by atoms with Gasteiger partial charge >= 0.3 is 0 Å². The van der Waals surface area contributed by atoms with Gasteiger partial charge in [0.25, 0.3) is 0 Å². The predicted octanol–water partition coefficient (Wildman–Crippen LogP) is 3.19. The maximum atomic E-state index is 15.1. The molecule has 0 bridgehead atoms. The highest BCUT2D eigenvalue weighted by molar-refractivity contribution is 7.89. The van der Waals surface area contributed by atoms with E-state index in [1.807, 2.05) is 32.2 Å². The topological polar surface area (TPSA) is 99.2 Å². The number of primary sulfonamides is 1. The number of hydrogen-bond acceptors (Lipinski definition) is 6. The van der Waals surface area contributed by atoms with E-state index in [-0.39, 0.29) is 28.8 Å². The SMILES string of the molecule is Cc1cccc(CC2CC(CN(C)C3CCCCC3O)=NN2c2ccc(S(N)(=O)=O)cc2F)c1. The molecule has 9 heteroatoms. The number of likely N-dealkylation sites (N-methyl/N-ethyl adjacent to an activating group) is 1. The molecule has 7 nitrogen and oxygen atoms in total. The van der Waals surface area contributed by atoms with Gasteiger partial charge in [-0.2, -0.15) is 5.10 Å². The molecule has 1 saturated carbocycles. The van der Waals surface area contributed by atoms with E-state index in [0.717, 1.165) is 48.6 Å². The van der Waals surface area contributed by atoms with Gasteiger partial charge in [0.05, 0.1) is 28.4 Å². The van der Waals surface area contributed by atoms with Crippen LogP contribution in [0.2, 0.25) is 0 Å². The number of aliphatic hydroxyl groups excluding tert-OH is 1. The number of halogens is 1. The lowest BCUT2D eigenvalue weighted by molar-refractivity contribution is 0.0389. The van der Waals surface area contributed by atoms with Crippen molar-refractivity contribution in [2.24, 2.45) is 10.2 Å². The fraction of sp³-hybridized carbons (Fsp3) is 0.480. The Balaban J connectivity index is 1.61. The Bertz CT molecular complexity index is 1170. The van der Waals surface area contributed by atoms with Crippen LogP contribution >= 0.6 is 0 Å². The van der Waals surface area contributed by atoms with Crippen LogP contribution < -0.4 is 10.1 Å². The summed E-state index contributed by atoms with van der Waals surface area (Å²) in [6.07, 6.45) is 4.88. The van der Waals surface area contributed by atoms with Crippen molar-refractivity contribution in [3.63, 3.8) is 0 Å². The number of anilines is 1. The van der Waals surface area contributed by atoms with Crippen LogP contribution in [0.5, 0.6) is 0 Å². The summed E-state index contributed by atoms with van der Waals surface area (Å²) < 4.78 is 38.4. The van der Waals surface area contributed by atoms with Gasteiger partial charge in [-0.1, -0.05) is 42.7 Å². The van der Waals surface area contributed by atoms with E-state index in [1.165, 1.54) is 12.1 Å². The Hall–Kier alpha value is -2.33. The molecule has 0 aromatic heterocycles. The first-order valence-electron chi connectivity index (χ1n) is 11.7. The van der Waals surface area contributed by atoms with Gasteiger partial charge < -0.3 is 5.11 Å². The third-order valence-electron chi connectivity index (χ3n) is 6.81. The molecule has 0 spiro atoms. The molecule has 1 aliphatic carbocycles. The minimum Gasteiger partial charge on any atom is -0.391 e. The summed E-state index contributed by atoms with van der Waals surface area (Å²) in [5.41, 5.74) is 3.41. The zero-order chi connectivity index (χ0) is 24.5. The van der Waals surface area contributed by atoms with Crippen LogP contribution in [0.15, 0.2) is 52.5 Å². The second-order valence-electron chi connectivity index (χ2n) is 9.55. The fourth-order valence-corrected chi connectivity index (χ4v) is 5.64. The van der Waals surface area contributed by atoms with E-state index in [9.17, 15) is 13.5 Å². The van der Waals surface area contributed by atoms with Crippen LogP contribution in [0.3, 0.4) is 0 Å². The van der Waals surface area contributed by atoms with E-state index in [0.29, 0.717) is 19.4 Å². The van der Waals surface area contributed by atoms with Crippen LogP contribution in [0, 0.1) is 12.7 Å². The minimum absolute atomic E-state index is 0.0894. The highest BCUT2D eigenvalue weighted by atomic mass is 32.2. The molecular formula is C25H33FN4O3S. The smallest absolute Gasteiger partial charge is 0.238 e. The highest BCUT2D eigenvalue weighted by Crippen LogP contribution is 2.31. The molecule has 0 amide bonds. The normalized spacial score (nSPS) is 23.4. The molecule has 34 heavy (non-hydrogen) atoms. The van der Waals surface area contributed by atoms with Crippen LogP contribution in [0.1, 0.15) is 43.2 Å². The first-order chi connectivity index (χ1) is 16.1. The van der Waals surface area contributed by atoms with Crippen LogP contribution in [-0.4, -0.2) is 55.9 Å². The van der Waals surface area contributed by atoms with Gasteiger partial charge in [0.2, 0.25) is 10.0 Å². The van der Waals surface area contributed by atoms with Crippen molar-refractivity contribution in [1.29, 1.82) is 0 Å². The molecule has 3 N–H and O–H groups in total. The zero-order valence-electron chi connectivity index (χ0n) is 19.7. The molecule has 2 aromatic rings. The van der Waals surface area contributed by atoms with E-state index >= 15 is 4.39 Å². The first-order valence-corrected chi connectivity index (χ1v) is 13.3. The largest absolute Gasteiger partial charge is 0.391 e. The van der Waals surface area contributed by atoms with E-state index < -0.39 is 15.8 Å². The van der Waals surface area contributed by atoms with Crippen molar-refractivity contribution in [1.82, 2.24) is 4.90 Å². The van der Waals surface area contributed by atoms with Gasteiger partial charge in [0, 0.05) is 19.0 Å². The highest BCUT2D eigenvalue weighted by Gasteiger charge is 2.33. The molecular weight excluding hydrogens is 455 g/mol. The Kier molecular flexibility index (Phi) is 7.37. The van der Waals surface area contributed by atoms with E-state index in [1.54, 1.807) is 5.01 Å². The zero-order valence-corrected chi connectivity index (χ0v) is 20.5. The second-order valence-corrected chi connectivity index (χ2v) is 11.1. The van der Waals surface area contributed by atoms with Gasteiger partial charge in [0.1, 0.15) is 5.82 Å². The van der Waals surface area contributed by atoms with Crippen molar-refractivity contribution >= 4 is 21.4 Å². The number of nitrogens with two attached hydrogens (primary N) is 1. The molecule has 4 rings (SSSR count). The third-order valence-corrected chi connectivity index (χ3v) is 7.72. The number of nitrogens with zero attached hydrogens (tertiary/aromatic N) is 3. The van der Waals surface area contributed by atoms with Crippen molar-refractivity contribution < 1.29 is 17.9 Å². The van der Waals surface area contributed by atoms with Gasteiger partial charge in [-0.15, -0.1) is 0 Å². The number of rotatable bonds is 7. The average Bonchev–Trinajstić information content (AvgIpc) is 3.14. The lowest BCUT2D eigenvalue weighted by atomic mass is 9.91. The van der Waals surface area contributed by atoms with Crippen LogP contribution in [0.25, 0.3) is 0 Å². The Morgan fingerprint density at radius 1 is 1.21 bits per heavy atom. The molecule has 2 aromatic carbocycles. The third kappa shape index (κ3) is 5.66. The molecule has 2 aliphatic rings. The van der Waals surface area contributed by atoms with Gasteiger partial charge in [-0.05, 0) is 57.0 Å². The van der Waals surface area contributed by atoms with Gasteiger partial charge in [-0.25, -0.2) is 17.9 Å². The fourth-order valence-electron chi connectivity index (χ4n) is 5.11. The molecule has 0 saturated heterocycles. The lowest BCUT2D eigenvalue weighted by Gasteiger charge is -2.35. The Morgan fingerprint density at radius 3 is 2.65 bits per heavy atom. The molecule has 1 fully saturated rings. The molecule has 1 heterocycles. The standard InChI is InChI=1S/C25H33FN4O3S/c1-17-6-5-7-18(12-17)13-20-14-19(16-29(2)24-8-3-4-9-25(24)31)28-30(20)23-11-10-21(15-22(23)26)34(27,32)33/h5-7,10-12,15,20,24-25,31H,3-4,8-9,13-14,16H2,1-2H3,(H2,27,32,33). The summed E-state index contributed by atoms with van der Waals surface area (Å²) in [6.45, 7) is 2.62. The van der Waals surface area contributed by atoms with Crippen molar-refractivity contribution in [3.8, 4) is 0 Å². The summed E-state index contributed by atoms with van der Waals surface area (Å²) in [5.74, 6) is -0.679. The number of hydrazone groups is 1. The number of sulfonamides is 1. The average molecular weight is 489 g/mol. The number of aryl methyl sites for hydroxylation is 1. The molecule has 3 unspecified atom stereocenters. The summed E-state index contributed by atoms with van der Waals surface area (Å²) >= 11 is 0. The number of aliphatic hydroxyl groups is 1. The lowest BCUT2D eigenvalue weighted by Crippen LogP contribution is -2.45. The number of benzene rings is 2.